The molecule has 3 heteroatoms. The molecule has 1 aliphatic rings. The molecule has 0 bridgehead atoms. The average Bonchev–Trinajstić information content (AvgIpc) is 2.61. The Morgan fingerprint density at radius 3 is 2.83 bits per heavy atom. The summed E-state index contributed by atoms with van der Waals surface area (Å²) in [6.45, 7) is 6.35. The third-order valence-corrected chi connectivity index (χ3v) is 4.64. The first kappa shape index (κ1) is 18.6. The van der Waals surface area contributed by atoms with Crippen LogP contribution in [0, 0.1) is 0 Å². The molecule has 0 saturated heterocycles. The van der Waals surface area contributed by atoms with Crippen molar-refractivity contribution in [3.05, 3.63) is 42.5 Å². The average molecular weight is 330 g/mol. The molecule has 1 aromatic rings. The van der Waals surface area contributed by atoms with Crippen LogP contribution in [0.2, 0.25) is 0 Å². The smallest absolute Gasteiger partial charge is 0.306 e. The monoisotopic (exact) mass is 330 g/mol. The second-order valence-corrected chi connectivity index (χ2v) is 6.51. The summed E-state index contributed by atoms with van der Waals surface area (Å²) in [6, 6.07) is 8.11. The van der Waals surface area contributed by atoms with Gasteiger partial charge in [0, 0.05) is 17.9 Å². The van der Waals surface area contributed by atoms with Crippen molar-refractivity contribution in [2.45, 2.75) is 70.3 Å². The van der Waals surface area contributed by atoms with E-state index in [2.05, 4.69) is 19.6 Å². The second kappa shape index (κ2) is 10.2. The van der Waals surface area contributed by atoms with Crippen molar-refractivity contribution in [2.75, 3.05) is 6.61 Å². The number of carbonyl (C=O) groups excluding carboxylic acids is 1. The summed E-state index contributed by atoms with van der Waals surface area (Å²) in [5, 5.41) is 0. The van der Waals surface area contributed by atoms with E-state index in [9.17, 15) is 4.79 Å². The van der Waals surface area contributed by atoms with Crippen molar-refractivity contribution >= 4 is 5.97 Å². The van der Waals surface area contributed by atoms with Crippen LogP contribution < -0.4 is 4.74 Å². The fourth-order valence-electron chi connectivity index (χ4n) is 3.41. The quantitative estimate of drug-likeness (QED) is 0.345. The highest BCUT2D eigenvalue weighted by Crippen LogP contribution is 2.39. The molecule has 0 spiro atoms. The molecule has 0 radical (unpaired) electrons. The summed E-state index contributed by atoms with van der Waals surface area (Å²) >= 11 is 0. The number of rotatable bonds is 9. The van der Waals surface area contributed by atoms with Crippen molar-refractivity contribution in [3.8, 4) is 5.75 Å². The van der Waals surface area contributed by atoms with E-state index in [1.807, 2.05) is 18.2 Å². The third-order valence-electron chi connectivity index (χ3n) is 4.64. The first-order chi connectivity index (χ1) is 11.8. The van der Waals surface area contributed by atoms with E-state index < -0.39 is 0 Å². The number of unbranched alkanes of at least 4 members (excludes halogenated alkanes) is 2. The molecule has 3 nitrogen and oxygen atoms in total. The second-order valence-electron chi connectivity index (χ2n) is 6.51. The lowest BCUT2D eigenvalue weighted by Gasteiger charge is -2.32. The lowest BCUT2D eigenvalue weighted by Crippen LogP contribution is -2.29. The molecule has 0 amide bonds. The largest absolute Gasteiger partial charge is 0.489 e. The summed E-state index contributed by atoms with van der Waals surface area (Å²) in [6.07, 6.45) is 9.67. The topological polar surface area (TPSA) is 35.5 Å². The number of benzene rings is 1. The molecule has 2 atom stereocenters. The predicted molar refractivity (Wildman–Crippen MR) is 97.4 cm³/mol. The van der Waals surface area contributed by atoms with Gasteiger partial charge in [0.2, 0.25) is 0 Å². The zero-order valence-corrected chi connectivity index (χ0v) is 14.8. The van der Waals surface area contributed by atoms with Crippen molar-refractivity contribution in [1.82, 2.24) is 0 Å². The van der Waals surface area contributed by atoms with E-state index in [0.29, 0.717) is 13.0 Å². The van der Waals surface area contributed by atoms with Gasteiger partial charge in [-0.15, -0.1) is 0 Å². The minimum atomic E-state index is -0.0511. The van der Waals surface area contributed by atoms with Gasteiger partial charge in [0.1, 0.15) is 18.5 Å². The Morgan fingerprint density at radius 1 is 1.25 bits per heavy atom. The Morgan fingerprint density at radius 2 is 2.04 bits per heavy atom. The van der Waals surface area contributed by atoms with Crippen LogP contribution in [0.15, 0.2) is 36.9 Å². The van der Waals surface area contributed by atoms with Gasteiger partial charge in [-0.1, -0.05) is 57.0 Å². The van der Waals surface area contributed by atoms with Gasteiger partial charge >= 0.3 is 5.97 Å². The molecule has 1 aromatic carbocycles. The highest BCUT2D eigenvalue weighted by Gasteiger charge is 2.31. The first-order valence-corrected chi connectivity index (χ1v) is 9.28. The number of esters is 1. The first-order valence-electron chi connectivity index (χ1n) is 9.28. The molecule has 0 N–H and O–H groups in total. The summed E-state index contributed by atoms with van der Waals surface area (Å²) in [4.78, 5) is 12.2. The Bertz CT molecular complexity index is 524. The van der Waals surface area contributed by atoms with E-state index in [-0.39, 0.29) is 18.0 Å². The van der Waals surface area contributed by atoms with Gasteiger partial charge in [0.15, 0.2) is 0 Å². The molecule has 1 aliphatic carbocycles. The van der Waals surface area contributed by atoms with Crippen LogP contribution in [0.25, 0.3) is 0 Å². The molecule has 0 heterocycles. The molecule has 2 rings (SSSR count). The number of para-hydroxylation sites is 1. The lowest BCUT2D eigenvalue weighted by atomic mass is 9.81. The van der Waals surface area contributed by atoms with Crippen LogP contribution in [-0.2, 0) is 9.53 Å². The van der Waals surface area contributed by atoms with Crippen molar-refractivity contribution < 1.29 is 14.3 Å². The zero-order valence-electron chi connectivity index (χ0n) is 14.8. The molecular formula is C21H30O3. The summed E-state index contributed by atoms with van der Waals surface area (Å²) in [7, 11) is 0. The summed E-state index contributed by atoms with van der Waals surface area (Å²) < 4.78 is 11.7. The Kier molecular flexibility index (Phi) is 7.87. The van der Waals surface area contributed by atoms with E-state index in [4.69, 9.17) is 9.47 Å². The maximum Gasteiger partial charge on any atom is 0.306 e. The van der Waals surface area contributed by atoms with Gasteiger partial charge in [-0.25, -0.2) is 0 Å². The maximum atomic E-state index is 12.2. The molecule has 0 aromatic heterocycles. The highest BCUT2D eigenvalue weighted by atomic mass is 16.5. The van der Waals surface area contributed by atoms with Gasteiger partial charge in [0.05, 0.1) is 0 Å². The van der Waals surface area contributed by atoms with E-state index in [1.165, 1.54) is 6.42 Å². The lowest BCUT2D eigenvalue weighted by molar-refractivity contribution is -0.151. The molecule has 0 aliphatic heterocycles. The highest BCUT2D eigenvalue weighted by molar-refractivity contribution is 5.69. The van der Waals surface area contributed by atoms with E-state index in [0.717, 1.165) is 49.8 Å². The Balaban J connectivity index is 2.06. The molecule has 1 fully saturated rings. The number of ether oxygens (including phenoxy) is 2. The van der Waals surface area contributed by atoms with Crippen LogP contribution in [-0.4, -0.2) is 18.7 Å². The zero-order chi connectivity index (χ0) is 17.2. The number of carbonyl (C=O) groups is 1. The fourth-order valence-corrected chi connectivity index (χ4v) is 3.41. The number of hydrogen-bond donors (Lipinski definition) is 0. The van der Waals surface area contributed by atoms with Gasteiger partial charge in [-0.05, 0) is 31.7 Å². The van der Waals surface area contributed by atoms with Crippen LogP contribution in [0.4, 0.5) is 0 Å². The van der Waals surface area contributed by atoms with Crippen LogP contribution in [0.1, 0.15) is 69.8 Å². The van der Waals surface area contributed by atoms with Crippen molar-refractivity contribution in [2.24, 2.45) is 0 Å². The van der Waals surface area contributed by atoms with Crippen molar-refractivity contribution in [3.63, 3.8) is 0 Å². The number of hydrogen-bond acceptors (Lipinski definition) is 3. The summed E-state index contributed by atoms with van der Waals surface area (Å²) in [5.74, 6) is 1.07. The van der Waals surface area contributed by atoms with Crippen LogP contribution >= 0.6 is 0 Å². The summed E-state index contributed by atoms with van der Waals surface area (Å²) in [5.41, 5.74) is 1.16. The fraction of sp³-hybridized carbons (Fsp3) is 0.571. The minimum absolute atomic E-state index is 0.0265. The Labute approximate surface area is 146 Å². The van der Waals surface area contributed by atoms with Gasteiger partial charge in [-0.3, -0.25) is 4.79 Å². The molecule has 132 valence electrons. The SMILES string of the molecule is C=CCOc1ccccc1[C@H]1CCCC[C@@H]1OC(=O)CCCCC. The van der Waals surface area contributed by atoms with Gasteiger partial charge in [-0.2, -0.15) is 0 Å². The van der Waals surface area contributed by atoms with Crippen molar-refractivity contribution in [1.29, 1.82) is 0 Å². The minimum Gasteiger partial charge on any atom is -0.489 e. The third kappa shape index (κ3) is 5.40. The molecular weight excluding hydrogens is 300 g/mol. The predicted octanol–water partition coefficient (Wildman–Crippen LogP) is 5.40. The van der Waals surface area contributed by atoms with Gasteiger partial charge in [0.25, 0.3) is 0 Å². The van der Waals surface area contributed by atoms with E-state index >= 15 is 0 Å². The van der Waals surface area contributed by atoms with E-state index in [1.54, 1.807) is 6.08 Å². The van der Waals surface area contributed by atoms with Crippen LogP contribution in [0.3, 0.4) is 0 Å². The maximum absolute atomic E-state index is 12.2. The molecule has 0 unspecified atom stereocenters. The Hall–Kier alpha value is -1.77. The molecule has 24 heavy (non-hydrogen) atoms. The van der Waals surface area contributed by atoms with Crippen LogP contribution in [0.5, 0.6) is 5.75 Å². The normalized spacial score (nSPS) is 20.4. The van der Waals surface area contributed by atoms with Gasteiger partial charge < -0.3 is 9.47 Å². The standard InChI is InChI=1S/C21H30O3/c1-3-5-6-15-21(22)24-20-14-10-8-12-18(20)17-11-7-9-13-19(17)23-16-4-2/h4,7,9,11,13,18,20H,2-3,5-6,8,10,12,14-16H2,1H3/t18-,20+/m1/s1. The molecule has 1 saturated carbocycles.